The van der Waals surface area contributed by atoms with Crippen molar-refractivity contribution in [2.75, 3.05) is 0 Å². The molecule has 0 amide bonds. The molecule has 0 saturated carbocycles. The minimum Gasteiger partial charge on any atom is -0.545 e. The molecule has 118 valence electrons. The summed E-state index contributed by atoms with van der Waals surface area (Å²) >= 11 is 0. The van der Waals surface area contributed by atoms with E-state index in [0.29, 0.717) is 22.3 Å². The zero-order valence-corrected chi connectivity index (χ0v) is 12.6. The van der Waals surface area contributed by atoms with Crippen molar-refractivity contribution in [3.63, 3.8) is 0 Å². The molecular formula is C20H12O4-2. The van der Waals surface area contributed by atoms with Crippen LogP contribution < -0.4 is 10.2 Å². The van der Waals surface area contributed by atoms with E-state index in [1.807, 2.05) is 0 Å². The maximum Gasteiger partial charge on any atom is 0.0721 e. The predicted octanol–water partition coefficient (Wildman–Crippen LogP) is 1.75. The second-order valence-corrected chi connectivity index (χ2v) is 5.25. The van der Waals surface area contributed by atoms with Gasteiger partial charge in [0.25, 0.3) is 0 Å². The van der Waals surface area contributed by atoms with E-state index in [0.717, 1.165) is 0 Å². The Kier molecular flexibility index (Phi) is 4.12. The normalized spacial score (nSPS) is 10.3. The molecule has 0 unspecified atom stereocenters. The van der Waals surface area contributed by atoms with Crippen molar-refractivity contribution in [1.82, 2.24) is 0 Å². The number of benzene rings is 3. The molecule has 3 aromatic carbocycles. The first-order chi connectivity index (χ1) is 11.6. The molecule has 0 aliphatic heterocycles. The zero-order chi connectivity index (χ0) is 17.1. The molecule has 0 saturated heterocycles. The van der Waals surface area contributed by atoms with Gasteiger partial charge in [-0.2, -0.15) is 0 Å². The van der Waals surface area contributed by atoms with Crippen LogP contribution in [0.2, 0.25) is 0 Å². The summed E-state index contributed by atoms with van der Waals surface area (Å²) in [5.41, 5.74) is 2.54. The Morgan fingerprint density at radius 3 is 1.42 bits per heavy atom. The maximum atomic E-state index is 11.3. The Morgan fingerprint density at radius 2 is 1.00 bits per heavy atom. The molecule has 0 radical (unpaired) electrons. The summed E-state index contributed by atoms with van der Waals surface area (Å²) in [4.78, 5) is 22.6. The average molecular weight is 316 g/mol. The summed E-state index contributed by atoms with van der Waals surface area (Å²) in [5, 5.41) is 22.6. The van der Waals surface area contributed by atoms with E-state index in [9.17, 15) is 19.8 Å². The number of aromatic carboxylic acids is 2. The van der Waals surface area contributed by atoms with Gasteiger partial charge in [0.05, 0.1) is 11.9 Å². The number of rotatable bonds is 4. The van der Waals surface area contributed by atoms with Crippen molar-refractivity contribution in [3.8, 4) is 22.3 Å². The molecule has 24 heavy (non-hydrogen) atoms. The van der Waals surface area contributed by atoms with Crippen LogP contribution in [0.1, 0.15) is 20.7 Å². The van der Waals surface area contributed by atoms with Gasteiger partial charge in [0, 0.05) is 11.1 Å². The number of carboxylic acid groups (broad SMARTS) is 2. The van der Waals surface area contributed by atoms with Crippen LogP contribution >= 0.6 is 0 Å². The lowest BCUT2D eigenvalue weighted by molar-refractivity contribution is -0.256. The van der Waals surface area contributed by atoms with Crippen LogP contribution in [0.4, 0.5) is 0 Å². The fourth-order valence-electron chi connectivity index (χ4n) is 2.68. The van der Waals surface area contributed by atoms with Crippen LogP contribution in [0.15, 0.2) is 72.8 Å². The van der Waals surface area contributed by atoms with E-state index in [4.69, 9.17) is 0 Å². The van der Waals surface area contributed by atoms with Gasteiger partial charge in [-0.3, -0.25) is 0 Å². The minimum atomic E-state index is -1.26. The van der Waals surface area contributed by atoms with Crippen molar-refractivity contribution < 1.29 is 19.8 Å². The number of carbonyl (C=O) groups excluding carboxylic acids is 2. The fourth-order valence-corrected chi connectivity index (χ4v) is 2.68. The molecule has 0 bridgehead atoms. The van der Waals surface area contributed by atoms with Gasteiger partial charge in [0.1, 0.15) is 0 Å². The third-order valence-corrected chi connectivity index (χ3v) is 3.78. The SMILES string of the molecule is O=C([O-])c1ccccc1-c1cccc(-c2ccccc2C(=O)[O-])c1. The summed E-state index contributed by atoms with van der Waals surface area (Å²) in [7, 11) is 0. The topological polar surface area (TPSA) is 80.3 Å². The maximum absolute atomic E-state index is 11.3. The summed E-state index contributed by atoms with van der Waals surface area (Å²) in [6.07, 6.45) is 0. The highest BCUT2D eigenvalue weighted by Gasteiger charge is 2.09. The molecule has 0 aliphatic rings. The van der Waals surface area contributed by atoms with Crippen LogP contribution in [0.5, 0.6) is 0 Å². The van der Waals surface area contributed by atoms with Crippen LogP contribution in [0, 0.1) is 0 Å². The van der Waals surface area contributed by atoms with E-state index in [2.05, 4.69) is 0 Å². The second-order valence-electron chi connectivity index (χ2n) is 5.25. The third kappa shape index (κ3) is 2.90. The van der Waals surface area contributed by atoms with Gasteiger partial charge in [0.2, 0.25) is 0 Å². The van der Waals surface area contributed by atoms with E-state index in [1.54, 1.807) is 60.7 Å². The molecule has 0 fully saturated rings. The highest BCUT2D eigenvalue weighted by atomic mass is 16.4. The largest absolute Gasteiger partial charge is 0.545 e. The summed E-state index contributed by atoms with van der Waals surface area (Å²) in [6.45, 7) is 0. The van der Waals surface area contributed by atoms with Crippen molar-refractivity contribution >= 4 is 11.9 Å². The number of carbonyl (C=O) groups is 2. The Balaban J connectivity index is 2.16. The first kappa shape index (κ1) is 15.5. The molecule has 0 aromatic heterocycles. The lowest BCUT2D eigenvalue weighted by Crippen LogP contribution is -2.23. The Morgan fingerprint density at radius 1 is 0.583 bits per heavy atom. The van der Waals surface area contributed by atoms with E-state index in [1.165, 1.54) is 12.1 Å². The van der Waals surface area contributed by atoms with Crippen LogP contribution in [0.25, 0.3) is 22.3 Å². The van der Waals surface area contributed by atoms with Gasteiger partial charge in [-0.15, -0.1) is 0 Å². The standard InChI is InChI=1S/C20H14O4/c21-19(22)17-10-3-1-8-15(17)13-6-5-7-14(12-13)16-9-2-4-11-18(16)20(23)24/h1-12H,(H,21,22)(H,23,24)/p-2. The summed E-state index contributed by atoms with van der Waals surface area (Å²) in [6, 6.07) is 20.1. The molecule has 0 spiro atoms. The van der Waals surface area contributed by atoms with Crippen LogP contribution in [0.3, 0.4) is 0 Å². The molecule has 4 heteroatoms. The lowest BCUT2D eigenvalue weighted by atomic mass is 9.94. The van der Waals surface area contributed by atoms with Gasteiger partial charge in [-0.25, -0.2) is 0 Å². The molecule has 0 aliphatic carbocycles. The zero-order valence-electron chi connectivity index (χ0n) is 12.6. The molecular weight excluding hydrogens is 304 g/mol. The summed E-state index contributed by atoms with van der Waals surface area (Å²) in [5.74, 6) is -2.52. The smallest absolute Gasteiger partial charge is 0.0721 e. The molecule has 3 aromatic rings. The van der Waals surface area contributed by atoms with Crippen molar-refractivity contribution in [1.29, 1.82) is 0 Å². The van der Waals surface area contributed by atoms with Crippen LogP contribution in [-0.4, -0.2) is 11.9 Å². The molecule has 0 heterocycles. The first-order valence-corrected chi connectivity index (χ1v) is 7.29. The van der Waals surface area contributed by atoms with E-state index >= 15 is 0 Å². The van der Waals surface area contributed by atoms with E-state index in [-0.39, 0.29) is 11.1 Å². The monoisotopic (exact) mass is 316 g/mol. The fraction of sp³-hybridized carbons (Fsp3) is 0. The Bertz CT molecular complexity index is 855. The van der Waals surface area contributed by atoms with Crippen molar-refractivity contribution in [3.05, 3.63) is 83.9 Å². The first-order valence-electron chi connectivity index (χ1n) is 7.29. The average Bonchev–Trinajstić information content (AvgIpc) is 2.61. The highest BCUT2D eigenvalue weighted by Crippen LogP contribution is 2.30. The van der Waals surface area contributed by atoms with Gasteiger partial charge >= 0.3 is 0 Å². The predicted molar refractivity (Wildman–Crippen MR) is 86.0 cm³/mol. The summed E-state index contributed by atoms with van der Waals surface area (Å²) < 4.78 is 0. The van der Waals surface area contributed by atoms with Crippen LogP contribution in [-0.2, 0) is 0 Å². The van der Waals surface area contributed by atoms with Gasteiger partial charge in [0.15, 0.2) is 0 Å². The molecule has 4 nitrogen and oxygen atoms in total. The quantitative estimate of drug-likeness (QED) is 0.734. The van der Waals surface area contributed by atoms with E-state index < -0.39 is 11.9 Å². The molecule has 3 rings (SSSR count). The molecule has 0 atom stereocenters. The highest BCUT2D eigenvalue weighted by molar-refractivity contribution is 5.97. The Hall–Kier alpha value is -3.40. The Labute approximate surface area is 138 Å². The number of hydrogen-bond acceptors (Lipinski definition) is 4. The third-order valence-electron chi connectivity index (χ3n) is 3.78. The lowest BCUT2D eigenvalue weighted by Gasteiger charge is -2.14. The van der Waals surface area contributed by atoms with Crippen molar-refractivity contribution in [2.45, 2.75) is 0 Å². The number of hydrogen-bond donors (Lipinski definition) is 0. The van der Waals surface area contributed by atoms with Gasteiger partial charge in [-0.05, 0) is 28.3 Å². The van der Waals surface area contributed by atoms with Crippen molar-refractivity contribution in [2.24, 2.45) is 0 Å². The minimum absolute atomic E-state index is 0.0860. The molecule has 0 N–H and O–H groups in total. The second kappa shape index (κ2) is 6.38. The van der Waals surface area contributed by atoms with Gasteiger partial charge < -0.3 is 19.8 Å². The number of carboxylic acids is 2. The van der Waals surface area contributed by atoms with Gasteiger partial charge in [-0.1, -0.05) is 66.7 Å².